The molecule has 116 valence electrons. The average molecular weight is 296 g/mol. The Morgan fingerprint density at radius 3 is 2.77 bits per heavy atom. The van der Waals surface area contributed by atoms with Crippen LogP contribution in [0.5, 0.6) is 0 Å². The molecular weight excluding hydrogens is 272 g/mol. The highest BCUT2D eigenvalue weighted by Crippen LogP contribution is 2.32. The molecular formula is C19H24N2O. The molecule has 1 aromatic heterocycles. The molecule has 1 aliphatic heterocycles. The molecule has 2 heterocycles. The van der Waals surface area contributed by atoms with Gasteiger partial charge in [0, 0.05) is 17.0 Å². The van der Waals surface area contributed by atoms with Crippen LogP contribution in [0.2, 0.25) is 0 Å². The van der Waals surface area contributed by atoms with Gasteiger partial charge in [0.25, 0.3) is 0 Å². The number of anilines is 1. The molecule has 0 spiro atoms. The van der Waals surface area contributed by atoms with Crippen molar-refractivity contribution in [2.24, 2.45) is 0 Å². The van der Waals surface area contributed by atoms with E-state index in [1.165, 1.54) is 23.8 Å². The maximum atomic E-state index is 6.08. The van der Waals surface area contributed by atoms with Crippen molar-refractivity contribution in [3.05, 3.63) is 29.5 Å². The molecule has 3 nitrogen and oxygen atoms in total. The normalized spacial score (nSPS) is 16.5. The Morgan fingerprint density at radius 2 is 2.09 bits per heavy atom. The van der Waals surface area contributed by atoms with Gasteiger partial charge in [0.15, 0.2) is 11.3 Å². The third kappa shape index (κ3) is 2.84. The fourth-order valence-electron chi connectivity index (χ4n) is 3.22. The van der Waals surface area contributed by atoms with Crippen molar-refractivity contribution in [1.82, 2.24) is 4.90 Å². The number of furan rings is 1. The third-order valence-electron chi connectivity index (χ3n) is 4.49. The van der Waals surface area contributed by atoms with Crippen LogP contribution in [-0.4, -0.2) is 31.1 Å². The monoisotopic (exact) mass is 296 g/mol. The van der Waals surface area contributed by atoms with Crippen molar-refractivity contribution in [3.63, 3.8) is 0 Å². The molecule has 1 saturated heterocycles. The van der Waals surface area contributed by atoms with Gasteiger partial charge in [-0.25, -0.2) is 0 Å². The number of nitrogens with one attached hydrogen (secondary N) is 1. The number of nitrogens with zero attached hydrogens (tertiary/aromatic N) is 1. The van der Waals surface area contributed by atoms with Gasteiger partial charge in [0.2, 0.25) is 0 Å². The summed E-state index contributed by atoms with van der Waals surface area (Å²) < 4.78 is 6.08. The Kier molecular flexibility index (Phi) is 4.40. The SMILES string of the molecule is CC#Cc1oc2c(NC3CCN(C)CC3)cccc2c1CC. The van der Waals surface area contributed by atoms with Crippen LogP contribution in [0.1, 0.15) is 38.0 Å². The molecule has 0 bridgehead atoms. The Balaban J connectivity index is 1.94. The average Bonchev–Trinajstić information content (AvgIpc) is 2.88. The van der Waals surface area contributed by atoms with Crippen LogP contribution < -0.4 is 5.32 Å². The summed E-state index contributed by atoms with van der Waals surface area (Å²) in [6.45, 7) is 6.31. The first-order valence-electron chi connectivity index (χ1n) is 8.15. The van der Waals surface area contributed by atoms with Crippen LogP contribution in [0, 0.1) is 11.8 Å². The van der Waals surface area contributed by atoms with Crippen LogP contribution in [-0.2, 0) is 6.42 Å². The lowest BCUT2D eigenvalue weighted by Gasteiger charge is -2.30. The second kappa shape index (κ2) is 6.46. The minimum atomic E-state index is 0.526. The van der Waals surface area contributed by atoms with E-state index in [1.54, 1.807) is 0 Å². The number of piperidine rings is 1. The number of hydrogen-bond donors (Lipinski definition) is 1. The molecule has 1 aromatic carbocycles. The van der Waals surface area contributed by atoms with Crippen LogP contribution in [0.4, 0.5) is 5.69 Å². The fraction of sp³-hybridized carbons (Fsp3) is 0.474. The first-order valence-corrected chi connectivity index (χ1v) is 8.15. The predicted octanol–water partition coefficient (Wildman–Crippen LogP) is 3.87. The summed E-state index contributed by atoms with van der Waals surface area (Å²) in [6, 6.07) is 6.89. The van der Waals surface area contributed by atoms with Gasteiger partial charge < -0.3 is 14.6 Å². The molecule has 1 fully saturated rings. The Labute approximate surface area is 132 Å². The third-order valence-corrected chi connectivity index (χ3v) is 4.49. The zero-order valence-corrected chi connectivity index (χ0v) is 13.7. The Morgan fingerprint density at radius 1 is 1.32 bits per heavy atom. The summed E-state index contributed by atoms with van der Waals surface area (Å²) in [5.74, 6) is 6.87. The van der Waals surface area contributed by atoms with Gasteiger partial charge in [0.05, 0.1) is 5.69 Å². The number of rotatable bonds is 3. The van der Waals surface area contributed by atoms with Crippen molar-refractivity contribution in [2.75, 3.05) is 25.5 Å². The zero-order chi connectivity index (χ0) is 15.5. The number of likely N-dealkylation sites (tertiary alicyclic amines) is 1. The van der Waals surface area contributed by atoms with E-state index in [2.05, 4.69) is 54.2 Å². The summed E-state index contributed by atoms with van der Waals surface area (Å²) >= 11 is 0. The minimum absolute atomic E-state index is 0.526. The molecule has 0 aliphatic carbocycles. The summed E-state index contributed by atoms with van der Waals surface area (Å²) in [5, 5.41) is 4.88. The predicted molar refractivity (Wildman–Crippen MR) is 92.3 cm³/mol. The molecule has 1 aliphatic rings. The largest absolute Gasteiger partial charge is 0.445 e. The van der Waals surface area contributed by atoms with Gasteiger partial charge in [-0.3, -0.25) is 0 Å². The van der Waals surface area contributed by atoms with E-state index in [4.69, 9.17) is 4.42 Å². The minimum Gasteiger partial charge on any atom is -0.445 e. The maximum Gasteiger partial charge on any atom is 0.181 e. The smallest absolute Gasteiger partial charge is 0.181 e. The van der Waals surface area contributed by atoms with E-state index in [0.29, 0.717) is 6.04 Å². The second-order valence-electron chi connectivity index (χ2n) is 6.04. The van der Waals surface area contributed by atoms with Gasteiger partial charge >= 0.3 is 0 Å². The van der Waals surface area contributed by atoms with Gasteiger partial charge in [0.1, 0.15) is 0 Å². The van der Waals surface area contributed by atoms with E-state index in [0.717, 1.165) is 36.5 Å². The molecule has 1 N–H and O–H groups in total. The van der Waals surface area contributed by atoms with E-state index in [-0.39, 0.29) is 0 Å². The van der Waals surface area contributed by atoms with Crippen LogP contribution in [0.15, 0.2) is 22.6 Å². The van der Waals surface area contributed by atoms with Crippen molar-refractivity contribution < 1.29 is 4.42 Å². The summed E-state index contributed by atoms with van der Waals surface area (Å²) in [6.07, 6.45) is 3.29. The topological polar surface area (TPSA) is 28.4 Å². The molecule has 0 radical (unpaired) electrons. The quantitative estimate of drug-likeness (QED) is 0.872. The molecule has 3 heteroatoms. The van der Waals surface area contributed by atoms with Crippen molar-refractivity contribution in [3.8, 4) is 11.8 Å². The molecule has 0 saturated carbocycles. The number of para-hydroxylation sites is 1. The van der Waals surface area contributed by atoms with Gasteiger partial charge in [-0.1, -0.05) is 25.0 Å². The molecule has 0 amide bonds. The molecule has 2 aromatic rings. The van der Waals surface area contributed by atoms with Gasteiger partial charge in [-0.2, -0.15) is 0 Å². The molecule has 22 heavy (non-hydrogen) atoms. The number of fused-ring (bicyclic) bond motifs is 1. The van der Waals surface area contributed by atoms with Crippen LogP contribution >= 0.6 is 0 Å². The summed E-state index contributed by atoms with van der Waals surface area (Å²) in [4.78, 5) is 2.38. The first-order chi connectivity index (χ1) is 10.7. The van der Waals surface area contributed by atoms with Crippen LogP contribution in [0.25, 0.3) is 11.0 Å². The highest BCUT2D eigenvalue weighted by Gasteiger charge is 2.19. The highest BCUT2D eigenvalue weighted by atomic mass is 16.3. The van der Waals surface area contributed by atoms with Crippen LogP contribution in [0.3, 0.4) is 0 Å². The van der Waals surface area contributed by atoms with E-state index in [9.17, 15) is 0 Å². The lowest BCUT2D eigenvalue weighted by atomic mass is 10.0. The lowest BCUT2D eigenvalue weighted by Crippen LogP contribution is -2.36. The summed E-state index contributed by atoms with van der Waals surface area (Å²) in [7, 11) is 2.19. The summed E-state index contributed by atoms with van der Waals surface area (Å²) in [5.41, 5.74) is 3.28. The van der Waals surface area contributed by atoms with Crippen molar-refractivity contribution in [2.45, 2.75) is 39.2 Å². The van der Waals surface area contributed by atoms with Crippen molar-refractivity contribution in [1.29, 1.82) is 0 Å². The van der Waals surface area contributed by atoms with E-state index in [1.807, 2.05) is 6.92 Å². The lowest BCUT2D eigenvalue weighted by molar-refractivity contribution is 0.264. The zero-order valence-electron chi connectivity index (χ0n) is 13.7. The Hall–Kier alpha value is -1.92. The number of hydrogen-bond acceptors (Lipinski definition) is 3. The number of benzene rings is 1. The van der Waals surface area contributed by atoms with Gasteiger partial charge in [-0.15, -0.1) is 0 Å². The highest BCUT2D eigenvalue weighted by molar-refractivity contribution is 5.93. The first kappa shape index (κ1) is 15.0. The van der Waals surface area contributed by atoms with E-state index >= 15 is 0 Å². The molecule has 0 unspecified atom stereocenters. The maximum absolute atomic E-state index is 6.08. The van der Waals surface area contributed by atoms with Gasteiger partial charge in [-0.05, 0) is 58.3 Å². The fourth-order valence-corrected chi connectivity index (χ4v) is 3.22. The molecule has 3 rings (SSSR count). The number of aryl methyl sites for hydroxylation is 1. The van der Waals surface area contributed by atoms with E-state index < -0.39 is 0 Å². The standard InChI is InChI=1S/C19H24N2O/c1-4-7-18-15(5-2)16-8-6-9-17(19(16)22-18)20-14-10-12-21(3)13-11-14/h6,8-9,14,20H,5,10-13H2,1-3H3. The molecule has 0 atom stereocenters. The Bertz CT molecular complexity index is 712. The van der Waals surface area contributed by atoms with Crippen molar-refractivity contribution >= 4 is 16.7 Å². The second-order valence-corrected chi connectivity index (χ2v) is 6.04.